The van der Waals surface area contributed by atoms with E-state index in [1.807, 2.05) is 42.5 Å². The van der Waals surface area contributed by atoms with Gasteiger partial charge in [-0.2, -0.15) is 0 Å². The van der Waals surface area contributed by atoms with E-state index in [0.717, 1.165) is 14.2 Å². The molecule has 0 aliphatic carbocycles. The van der Waals surface area contributed by atoms with E-state index in [1.54, 1.807) is 6.08 Å². The molecule has 0 radical (unpaired) electrons. The maximum Gasteiger partial charge on any atom is 0.244 e. The lowest BCUT2D eigenvalue weighted by molar-refractivity contribution is -0.124. The summed E-state index contributed by atoms with van der Waals surface area (Å²) in [6.07, 6.45) is 3.13. The number of thiophene rings is 1. The standard InChI is InChI=1S/C16H15BrN2O2S/c17-14-8-6-13(22-14)7-9-15(20)19-11-16(21)18-10-12-4-2-1-3-5-12/h1-9H,10-11H2,(H,18,21)(H,19,20)/b9-7+. The molecule has 4 nitrogen and oxygen atoms in total. The molecule has 0 spiro atoms. The molecule has 2 rings (SSSR count). The largest absolute Gasteiger partial charge is 0.350 e. The van der Waals surface area contributed by atoms with Crippen LogP contribution in [0, 0.1) is 0 Å². The summed E-state index contributed by atoms with van der Waals surface area (Å²) in [5.74, 6) is -0.510. The molecular formula is C16H15BrN2O2S. The number of hydrogen-bond donors (Lipinski definition) is 2. The molecule has 0 fully saturated rings. The molecule has 2 aromatic rings. The molecule has 1 heterocycles. The number of benzene rings is 1. The minimum absolute atomic E-state index is 0.0376. The SMILES string of the molecule is O=C(/C=C/c1ccc(Br)s1)NCC(=O)NCc1ccccc1. The highest BCUT2D eigenvalue weighted by Crippen LogP contribution is 2.22. The Bertz CT molecular complexity index is 668. The average molecular weight is 379 g/mol. The maximum atomic E-state index is 11.6. The van der Waals surface area contributed by atoms with Gasteiger partial charge in [-0.05, 0) is 39.7 Å². The second-order valence-corrected chi connectivity index (χ2v) is 6.95. The van der Waals surface area contributed by atoms with Gasteiger partial charge in [-0.15, -0.1) is 11.3 Å². The zero-order chi connectivity index (χ0) is 15.8. The van der Waals surface area contributed by atoms with Crippen LogP contribution in [0.1, 0.15) is 10.4 Å². The van der Waals surface area contributed by atoms with E-state index < -0.39 is 0 Å². The lowest BCUT2D eigenvalue weighted by atomic mass is 10.2. The molecule has 0 aliphatic rings. The van der Waals surface area contributed by atoms with Crippen molar-refractivity contribution in [2.75, 3.05) is 6.54 Å². The maximum absolute atomic E-state index is 11.6. The van der Waals surface area contributed by atoms with Gasteiger partial charge in [-0.3, -0.25) is 9.59 Å². The van der Waals surface area contributed by atoms with E-state index in [1.165, 1.54) is 17.4 Å². The van der Waals surface area contributed by atoms with E-state index in [-0.39, 0.29) is 18.4 Å². The van der Waals surface area contributed by atoms with Crippen molar-refractivity contribution in [2.45, 2.75) is 6.54 Å². The van der Waals surface area contributed by atoms with Gasteiger partial charge < -0.3 is 10.6 Å². The summed E-state index contributed by atoms with van der Waals surface area (Å²) in [7, 11) is 0. The van der Waals surface area contributed by atoms with E-state index in [4.69, 9.17) is 0 Å². The second kappa shape index (κ2) is 8.51. The van der Waals surface area contributed by atoms with Crippen molar-refractivity contribution >= 4 is 45.2 Å². The molecule has 6 heteroatoms. The number of rotatable bonds is 6. The van der Waals surface area contributed by atoms with Gasteiger partial charge >= 0.3 is 0 Å². The molecule has 114 valence electrons. The van der Waals surface area contributed by atoms with Crippen LogP contribution >= 0.6 is 27.3 Å². The van der Waals surface area contributed by atoms with Crippen molar-refractivity contribution in [1.29, 1.82) is 0 Å². The van der Waals surface area contributed by atoms with Crippen LogP contribution in [-0.2, 0) is 16.1 Å². The molecule has 2 amide bonds. The summed E-state index contributed by atoms with van der Waals surface area (Å²) >= 11 is 4.89. The van der Waals surface area contributed by atoms with E-state index in [2.05, 4.69) is 26.6 Å². The Balaban J connectivity index is 1.69. The van der Waals surface area contributed by atoms with Gasteiger partial charge in [0.2, 0.25) is 11.8 Å². The molecule has 0 bridgehead atoms. The zero-order valence-electron chi connectivity index (χ0n) is 11.7. The van der Waals surface area contributed by atoms with Gasteiger partial charge in [0.05, 0.1) is 10.3 Å². The van der Waals surface area contributed by atoms with Crippen LogP contribution in [0.2, 0.25) is 0 Å². The molecule has 0 saturated heterocycles. The first kappa shape index (κ1) is 16.5. The molecule has 0 unspecified atom stereocenters. The van der Waals surface area contributed by atoms with E-state index in [9.17, 15) is 9.59 Å². The quantitative estimate of drug-likeness (QED) is 0.759. The Labute approximate surface area is 141 Å². The van der Waals surface area contributed by atoms with Crippen molar-refractivity contribution in [1.82, 2.24) is 10.6 Å². The van der Waals surface area contributed by atoms with Gasteiger partial charge in [-0.25, -0.2) is 0 Å². The fraction of sp³-hybridized carbons (Fsp3) is 0.125. The van der Waals surface area contributed by atoms with Gasteiger partial charge in [0.25, 0.3) is 0 Å². The molecule has 1 aromatic carbocycles. The molecule has 0 aliphatic heterocycles. The topological polar surface area (TPSA) is 58.2 Å². The Morgan fingerprint density at radius 2 is 1.86 bits per heavy atom. The van der Waals surface area contributed by atoms with Gasteiger partial charge in [-0.1, -0.05) is 30.3 Å². The minimum atomic E-state index is -0.292. The van der Waals surface area contributed by atoms with Crippen molar-refractivity contribution in [3.63, 3.8) is 0 Å². The number of nitrogens with one attached hydrogen (secondary N) is 2. The van der Waals surface area contributed by atoms with E-state index in [0.29, 0.717) is 6.54 Å². The first-order chi connectivity index (χ1) is 10.6. The summed E-state index contributed by atoms with van der Waals surface area (Å²) in [5, 5.41) is 5.30. The fourth-order valence-corrected chi connectivity index (χ4v) is 2.99. The van der Waals surface area contributed by atoms with Gasteiger partial charge in [0.1, 0.15) is 0 Å². The zero-order valence-corrected chi connectivity index (χ0v) is 14.1. The summed E-state index contributed by atoms with van der Waals surface area (Å²) in [6.45, 7) is 0.415. The lowest BCUT2D eigenvalue weighted by Crippen LogP contribution is -2.35. The molecule has 0 saturated carbocycles. The number of halogens is 1. The van der Waals surface area contributed by atoms with Crippen molar-refractivity contribution < 1.29 is 9.59 Å². The van der Waals surface area contributed by atoms with Crippen LogP contribution in [0.15, 0.2) is 52.3 Å². The number of amides is 2. The predicted octanol–water partition coefficient (Wildman–Crippen LogP) is 2.96. The third-order valence-corrected chi connectivity index (χ3v) is 4.34. The van der Waals surface area contributed by atoms with Gasteiger partial charge in [0.15, 0.2) is 0 Å². The highest BCUT2D eigenvalue weighted by molar-refractivity contribution is 9.11. The highest BCUT2D eigenvalue weighted by Gasteiger charge is 2.03. The normalized spacial score (nSPS) is 10.6. The molecule has 1 aromatic heterocycles. The summed E-state index contributed by atoms with van der Waals surface area (Å²) < 4.78 is 1.01. The third kappa shape index (κ3) is 5.83. The van der Waals surface area contributed by atoms with Crippen molar-refractivity contribution in [3.05, 3.63) is 62.8 Å². The monoisotopic (exact) mass is 378 g/mol. The Kier molecular flexibility index (Phi) is 6.36. The average Bonchev–Trinajstić information content (AvgIpc) is 2.95. The van der Waals surface area contributed by atoms with Crippen LogP contribution in [0.5, 0.6) is 0 Å². The van der Waals surface area contributed by atoms with Crippen LogP contribution in [0.3, 0.4) is 0 Å². The van der Waals surface area contributed by atoms with Crippen LogP contribution in [-0.4, -0.2) is 18.4 Å². The van der Waals surface area contributed by atoms with Gasteiger partial charge in [0, 0.05) is 17.5 Å². The van der Waals surface area contributed by atoms with Crippen LogP contribution in [0.25, 0.3) is 6.08 Å². The fourth-order valence-electron chi connectivity index (χ4n) is 1.66. The second-order valence-electron chi connectivity index (χ2n) is 4.46. The van der Waals surface area contributed by atoms with Crippen molar-refractivity contribution in [2.24, 2.45) is 0 Å². The van der Waals surface area contributed by atoms with E-state index >= 15 is 0 Å². The molecule has 22 heavy (non-hydrogen) atoms. The third-order valence-electron chi connectivity index (χ3n) is 2.75. The first-order valence-corrected chi connectivity index (χ1v) is 8.26. The van der Waals surface area contributed by atoms with Crippen LogP contribution in [0.4, 0.5) is 0 Å². The summed E-state index contributed by atoms with van der Waals surface area (Å²) in [6, 6.07) is 13.4. The molecule has 2 N–H and O–H groups in total. The summed E-state index contributed by atoms with van der Waals surface area (Å²) in [4.78, 5) is 24.2. The Morgan fingerprint density at radius 3 is 2.55 bits per heavy atom. The highest BCUT2D eigenvalue weighted by atomic mass is 79.9. The van der Waals surface area contributed by atoms with Crippen molar-refractivity contribution in [3.8, 4) is 0 Å². The smallest absolute Gasteiger partial charge is 0.244 e. The molecular weight excluding hydrogens is 364 g/mol. The number of carbonyl (C=O) groups excluding carboxylic acids is 2. The summed E-state index contributed by atoms with van der Waals surface area (Å²) in [5.41, 5.74) is 1.02. The first-order valence-electron chi connectivity index (χ1n) is 6.65. The predicted molar refractivity (Wildman–Crippen MR) is 92.4 cm³/mol. The minimum Gasteiger partial charge on any atom is -0.350 e. The molecule has 0 atom stereocenters. The Morgan fingerprint density at radius 1 is 1.09 bits per heavy atom. The lowest BCUT2D eigenvalue weighted by Gasteiger charge is -2.05. The Hall–Kier alpha value is -1.92. The number of carbonyl (C=O) groups is 2. The van der Waals surface area contributed by atoms with Crippen LogP contribution < -0.4 is 10.6 Å². The number of hydrogen-bond acceptors (Lipinski definition) is 3.